The van der Waals surface area contributed by atoms with Crippen LogP contribution < -0.4 is 5.48 Å². The zero-order valence-electron chi connectivity index (χ0n) is 17.8. The van der Waals surface area contributed by atoms with Crippen LogP contribution in [0.5, 0.6) is 0 Å². The third kappa shape index (κ3) is 4.60. The lowest BCUT2D eigenvalue weighted by Gasteiger charge is -2.25. The fourth-order valence-electron chi connectivity index (χ4n) is 4.47. The summed E-state index contributed by atoms with van der Waals surface area (Å²) in [7, 11) is 0. The number of allylic oxidation sites excluding steroid dienone is 1. The number of hydrogen-bond donors (Lipinski definition) is 3. The van der Waals surface area contributed by atoms with Crippen LogP contribution in [0.15, 0.2) is 55.3 Å². The topological polar surface area (TPSA) is 81.2 Å². The van der Waals surface area contributed by atoms with Gasteiger partial charge in [-0.3, -0.25) is 14.9 Å². The van der Waals surface area contributed by atoms with Crippen molar-refractivity contribution in [1.29, 1.82) is 0 Å². The minimum absolute atomic E-state index is 0.398. The highest BCUT2D eigenvalue weighted by atomic mass is 16.5. The molecule has 1 aliphatic rings. The molecule has 0 spiro atoms. The van der Waals surface area contributed by atoms with E-state index in [2.05, 4.69) is 39.6 Å². The van der Waals surface area contributed by atoms with Crippen molar-refractivity contribution >= 4 is 28.6 Å². The Morgan fingerprint density at radius 1 is 1.35 bits per heavy atom. The highest BCUT2D eigenvalue weighted by molar-refractivity contribution is 5.90. The monoisotopic (exact) mass is 416 g/mol. The molecule has 1 fully saturated rings. The van der Waals surface area contributed by atoms with Crippen LogP contribution in [-0.2, 0) is 11.2 Å². The number of carbonyl (C=O) groups is 1. The summed E-state index contributed by atoms with van der Waals surface area (Å²) in [5.74, 6) is -0.535. The van der Waals surface area contributed by atoms with Crippen LogP contribution in [0.2, 0.25) is 0 Å². The lowest BCUT2D eigenvalue weighted by molar-refractivity contribution is -0.124. The minimum atomic E-state index is -0.535. The van der Waals surface area contributed by atoms with E-state index >= 15 is 0 Å². The van der Waals surface area contributed by atoms with Crippen molar-refractivity contribution in [2.24, 2.45) is 0 Å². The number of H-pyrrole nitrogens is 1. The van der Waals surface area contributed by atoms with E-state index in [1.807, 2.05) is 31.3 Å². The van der Waals surface area contributed by atoms with E-state index < -0.39 is 5.91 Å². The predicted octanol–water partition coefficient (Wildman–Crippen LogP) is 4.49. The van der Waals surface area contributed by atoms with Crippen LogP contribution in [-0.4, -0.2) is 39.1 Å². The Kier molecular flexibility index (Phi) is 6.30. The average molecular weight is 417 g/mol. The first kappa shape index (κ1) is 21.0. The van der Waals surface area contributed by atoms with Crippen molar-refractivity contribution < 1.29 is 10.0 Å². The fraction of sp³-hybridized carbons (Fsp3) is 0.280. The molecule has 3 aromatic rings. The van der Waals surface area contributed by atoms with E-state index in [1.54, 1.807) is 11.6 Å². The zero-order valence-corrected chi connectivity index (χ0v) is 17.8. The standard InChI is InChI=1S/C25H28N4O2/c1-17(2)24-20(21-5-3-14-26-25(21)27-24)13-16-29-15-4-6-22(29)19-10-7-18(8-11-19)9-12-23(30)28-31/h3,5,7-12,14,22,31H,1,4,6,13,15-16H2,2H3,(H,26,27)(H,28,30)/b12-9+/t22-/m0/s1. The van der Waals surface area contributed by atoms with Gasteiger partial charge in [0.15, 0.2) is 0 Å². The number of fused-ring (bicyclic) bond motifs is 1. The predicted molar refractivity (Wildman–Crippen MR) is 123 cm³/mol. The molecule has 0 aliphatic carbocycles. The van der Waals surface area contributed by atoms with E-state index in [9.17, 15) is 4.79 Å². The Morgan fingerprint density at radius 3 is 2.90 bits per heavy atom. The molecule has 0 unspecified atom stereocenters. The van der Waals surface area contributed by atoms with Crippen LogP contribution in [0.1, 0.15) is 48.2 Å². The average Bonchev–Trinajstić information content (AvgIpc) is 3.41. The number of hydrogen-bond acceptors (Lipinski definition) is 4. The first-order valence-electron chi connectivity index (χ1n) is 10.6. The van der Waals surface area contributed by atoms with Gasteiger partial charge in [-0.05, 0) is 73.2 Å². The number of nitrogens with one attached hydrogen (secondary N) is 2. The van der Waals surface area contributed by atoms with Crippen molar-refractivity contribution in [2.45, 2.75) is 32.2 Å². The largest absolute Gasteiger partial charge is 0.339 e. The second-order valence-electron chi connectivity index (χ2n) is 8.08. The number of nitrogens with zero attached hydrogens (tertiary/aromatic N) is 2. The molecule has 3 N–H and O–H groups in total. The molecular weight excluding hydrogens is 388 g/mol. The first-order chi connectivity index (χ1) is 15.1. The summed E-state index contributed by atoms with van der Waals surface area (Å²) in [5, 5.41) is 9.77. The number of benzene rings is 1. The molecule has 1 aromatic carbocycles. The van der Waals surface area contributed by atoms with Crippen LogP contribution in [0.3, 0.4) is 0 Å². The summed E-state index contributed by atoms with van der Waals surface area (Å²) >= 11 is 0. The second kappa shape index (κ2) is 9.29. The summed E-state index contributed by atoms with van der Waals surface area (Å²) in [6, 6.07) is 12.8. The van der Waals surface area contributed by atoms with E-state index in [4.69, 9.17) is 5.21 Å². The molecule has 0 saturated carbocycles. The van der Waals surface area contributed by atoms with Gasteiger partial charge in [0.2, 0.25) is 0 Å². The number of likely N-dealkylation sites (tertiary alicyclic amines) is 1. The summed E-state index contributed by atoms with van der Waals surface area (Å²) in [6.07, 6.45) is 8.09. The van der Waals surface area contributed by atoms with Crippen molar-refractivity contribution in [1.82, 2.24) is 20.3 Å². The van der Waals surface area contributed by atoms with Crippen molar-refractivity contribution in [3.8, 4) is 0 Å². The molecule has 160 valence electrons. The molecule has 4 rings (SSSR count). The summed E-state index contributed by atoms with van der Waals surface area (Å²) in [4.78, 5) is 21.6. The molecule has 31 heavy (non-hydrogen) atoms. The molecule has 0 radical (unpaired) electrons. The molecule has 1 atom stereocenters. The molecule has 1 aliphatic heterocycles. The SMILES string of the molecule is C=C(C)c1[nH]c2ncccc2c1CCN1CCC[C@H]1c1ccc(/C=C/C(=O)NO)cc1. The molecule has 0 bridgehead atoms. The van der Waals surface area contributed by atoms with Crippen LogP contribution in [0.4, 0.5) is 0 Å². The van der Waals surface area contributed by atoms with Gasteiger partial charge in [0.25, 0.3) is 5.91 Å². The molecule has 2 aromatic heterocycles. The van der Waals surface area contributed by atoms with E-state index in [0.29, 0.717) is 6.04 Å². The normalized spacial score (nSPS) is 16.9. The van der Waals surface area contributed by atoms with Crippen LogP contribution in [0.25, 0.3) is 22.7 Å². The maximum atomic E-state index is 11.2. The first-order valence-corrected chi connectivity index (χ1v) is 10.6. The van der Waals surface area contributed by atoms with Gasteiger partial charge < -0.3 is 4.98 Å². The molecule has 6 heteroatoms. The number of pyridine rings is 1. The van der Waals surface area contributed by atoms with Gasteiger partial charge in [0, 0.05) is 35.9 Å². The molecular formula is C25H28N4O2. The smallest absolute Gasteiger partial charge is 0.267 e. The molecule has 6 nitrogen and oxygen atoms in total. The van der Waals surface area contributed by atoms with E-state index in [-0.39, 0.29) is 0 Å². The number of rotatable bonds is 7. The zero-order chi connectivity index (χ0) is 21.8. The van der Waals surface area contributed by atoms with Gasteiger partial charge in [-0.1, -0.05) is 30.8 Å². The summed E-state index contributed by atoms with van der Waals surface area (Å²) in [6.45, 7) is 8.25. The second-order valence-corrected chi connectivity index (χ2v) is 8.08. The highest BCUT2D eigenvalue weighted by Gasteiger charge is 2.26. The Hall–Kier alpha value is -3.22. The molecule has 1 saturated heterocycles. The van der Waals surface area contributed by atoms with Crippen molar-refractivity contribution in [3.63, 3.8) is 0 Å². The Labute approximate surface area is 182 Å². The van der Waals surface area contributed by atoms with Crippen molar-refractivity contribution in [2.75, 3.05) is 13.1 Å². The maximum Gasteiger partial charge on any atom is 0.267 e. The fourth-order valence-corrected chi connectivity index (χ4v) is 4.47. The van der Waals surface area contributed by atoms with Crippen molar-refractivity contribution in [3.05, 3.63) is 77.6 Å². The minimum Gasteiger partial charge on any atom is -0.339 e. The van der Waals surface area contributed by atoms with E-state index in [0.717, 1.165) is 48.4 Å². The molecule has 1 amide bonds. The van der Waals surface area contributed by atoms with Crippen LogP contribution in [0, 0.1) is 0 Å². The third-order valence-electron chi connectivity index (χ3n) is 5.98. The summed E-state index contributed by atoms with van der Waals surface area (Å²) < 4.78 is 0. The quantitative estimate of drug-likeness (QED) is 0.301. The number of hydroxylamine groups is 1. The third-order valence-corrected chi connectivity index (χ3v) is 5.98. The van der Waals surface area contributed by atoms with Gasteiger partial charge in [-0.2, -0.15) is 0 Å². The maximum absolute atomic E-state index is 11.2. The van der Waals surface area contributed by atoms with Gasteiger partial charge in [-0.15, -0.1) is 0 Å². The van der Waals surface area contributed by atoms with E-state index in [1.165, 1.54) is 29.0 Å². The van der Waals surface area contributed by atoms with Gasteiger partial charge in [-0.25, -0.2) is 10.5 Å². The van der Waals surface area contributed by atoms with Crippen LogP contribution >= 0.6 is 0 Å². The Bertz CT molecular complexity index is 1110. The van der Waals surface area contributed by atoms with Gasteiger partial charge in [0.1, 0.15) is 5.65 Å². The number of aromatic amines is 1. The lowest BCUT2D eigenvalue weighted by atomic mass is 10.0. The van der Waals surface area contributed by atoms with Gasteiger partial charge in [0.05, 0.1) is 0 Å². The number of aromatic nitrogens is 2. The Morgan fingerprint density at radius 2 is 2.16 bits per heavy atom. The highest BCUT2D eigenvalue weighted by Crippen LogP contribution is 2.33. The molecule has 3 heterocycles. The Balaban J connectivity index is 1.48. The number of amides is 1. The van der Waals surface area contributed by atoms with Gasteiger partial charge >= 0.3 is 0 Å². The lowest BCUT2D eigenvalue weighted by Crippen LogP contribution is -2.25. The summed E-state index contributed by atoms with van der Waals surface area (Å²) in [5.41, 5.74) is 8.17. The number of carbonyl (C=O) groups excluding carboxylic acids is 1.